The van der Waals surface area contributed by atoms with Crippen molar-refractivity contribution >= 4 is 23.6 Å². The largest absolute Gasteiger partial charge is 0.388 e. The third-order valence-corrected chi connectivity index (χ3v) is 3.70. The molecule has 20 heavy (non-hydrogen) atoms. The quantitative estimate of drug-likeness (QED) is 0.839. The third-order valence-electron chi connectivity index (χ3n) is 3.37. The number of amides is 1. The van der Waals surface area contributed by atoms with Gasteiger partial charge in [-0.3, -0.25) is 4.79 Å². The van der Waals surface area contributed by atoms with Gasteiger partial charge in [-0.05, 0) is 45.9 Å². The zero-order valence-corrected chi connectivity index (χ0v) is 12.8. The lowest BCUT2D eigenvalue weighted by Crippen LogP contribution is -2.57. The number of halogens is 2. The molecule has 1 aromatic carbocycles. The molecule has 0 radical (unpaired) electrons. The van der Waals surface area contributed by atoms with Gasteiger partial charge in [0.05, 0.1) is 16.2 Å². The third kappa shape index (κ3) is 4.05. The molecule has 1 aromatic rings. The van der Waals surface area contributed by atoms with Gasteiger partial charge in [0, 0.05) is 11.6 Å². The Morgan fingerprint density at radius 1 is 1.35 bits per heavy atom. The van der Waals surface area contributed by atoms with Gasteiger partial charge in [-0.15, -0.1) is 0 Å². The highest BCUT2D eigenvalue weighted by atomic mass is 35.5. The summed E-state index contributed by atoms with van der Waals surface area (Å²) in [5.41, 5.74) is -1.76. The van der Waals surface area contributed by atoms with Crippen LogP contribution >= 0.6 is 11.6 Å². The van der Waals surface area contributed by atoms with E-state index in [0.717, 1.165) is 0 Å². The van der Waals surface area contributed by atoms with Crippen LogP contribution in [0.15, 0.2) is 24.3 Å². The van der Waals surface area contributed by atoms with E-state index in [2.05, 4.69) is 5.32 Å². The first kappa shape index (κ1) is 16.7. The van der Waals surface area contributed by atoms with Crippen molar-refractivity contribution in [2.75, 3.05) is 0 Å². The molecule has 0 fully saturated rings. The van der Waals surface area contributed by atoms with Crippen LogP contribution in [0.3, 0.4) is 0 Å². The Hall–Kier alpha value is -1.39. The van der Waals surface area contributed by atoms with Gasteiger partial charge < -0.3 is 10.4 Å². The second-order valence-corrected chi connectivity index (χ2v) is 6.05. The van der Waals surface area contributed by atoms with E-state index in [0.29, 0.717) is 0 Å². The maximum Gasteiger partial charge on any atom is 0.244 e. The lowest BCUT2D eigenvalue weighted by molar-refractivity contribution is -0.121. The average Bonchev–Trinajstić information content (AvgIpc) is 2.26. The van der Waals surface area contributed by atoms with Gasteiger partial charge >= 0.3 is 0 Å². The molecule has 0 bridgehead atoms. The van der Waals surface area contributed by atoms with Crippen molar-refractivity contribution in [2.45, 2.75) is 38.8 Å². The number of carbonyl (C=O) groups excluding carboxylic acids is 1. The molecule has 0 unspecified atom stereocenters. The highest BCUT2D eigenvalue weighted by Crippen LogP contribution is 2.22. The van der Waals surface area contributed by atoms with E-state index in [1.807, 2.05) is 0 Å². The van der Waals surface area contributed by atoms with E-state index in [1.54, 1.807) is 33.8 Å². The summed E-state index contributed by atoms with van der Waals surface area (Å²) < 4.78 is 13.5. The van der Waals surface area contributed by atoms with Crippen LogP contribution in [-0.2, 0) is 4.79 Å². The minimum Gasteiger partial charge on any atom is -0.388 e. The number of aliphatic hydroxyl groups is 1. The predicted octanol–water partition coefficient (Wildman–Crippen LogP) is 3.16. The zero-order valence-electron chi connectivity index (χ0n) is 12.0. The molecular weight excluding hydrogens is 281 g/mol. The fraction of sp³-hybridized carbons (Fsp3) is 0.400. The Morgan fingerprint density at radius 2 is 1.95 bits per heavy atom. The topological polar surface area (TPSA) is 49.3 Å². The second kappa shape index (κ2) is 5.94. The molecule has 110 valence electrons. The van der Waals surface area contributed by atoms with E-state index in [9.17, 15) is 14.3 Å². The summed E-state index contributed by atoms with van der Waals surface area (Å²) in [5.74, 6) is -0.931. The Bertz CT molecular complexity index is 513. The molecule has 1 rings (SSSR count). The Balaban J connectivity index is 2.84. The molecule has 0 heterocycles. The van der Waals surface area contributed by atoms with Crippen LogP contribution in [0.25, 0.3) is 6.08 Å². The van der Waals surface area contributed by atoms with Crippen LogP contribution in [0.4, 0.5) is 4.39 Å². The van der Waals surface area contributed by atoms with Crippen LogP contribution in [-0.4, -0.2) is 22.2 Å². The lowest BCUT2D eigenvalue weighted by atomic mass is 9.86. The van der Waals surface area contributed by atoms with E-state index in [1.165, 1.54) is 24.3 Å². The molecule has 0 spiro atoms. The number of hydrogen-bond donors (Lipinski definition) is 2. The Morgan fingerprint density at radius 3 is 2.45 bits per heavy atom. The fourth-order valence-corrected chi connectivity index (χ4v) is 1.56. The van der Waals surface area contributed by atoms with Gasteiger partial charge in [0.2, 0.25) is 5.91 Å². The van der Waals surface area contributed by atoms with Crippen LogP contribution in [0.2, 0.25) is 5.02 Å². The number of nitrogens with one attached hydrogen (secondary N) is 1. The van der Waals surface area contributed by atoms with Gasteiger partial charge in [0.15, 0.2) is 0 Å². The normalized spacial score (nSPS) is 12.8. The first-order valence-electron chi connectivity index (χ1n) is 6.21. The van der Waals surface area contributed by atoms with Crippen LogP contribution in [0, 0.1) is 5.82 Å². The maximum absolute atomic E-state index is 13.5. The van der Waals surface area contributed by atoms with Gasteiger partial charge in [0.25, 0.3) is 0 Å². The molecule has 0 aliphatic carbocycles. The maximum atomic E-state index is 13.5. The monoisotopic (exact) mass is 299 g/mol. The van der Waals surface area contributed by atoms with Gasteiger partial charge in [-0.25, -0.2) is 4.39 Å². The summed E-state index contributed by atoms with van der Waals surface area (Å²) in [7, 11) is 0. The highest BCUT2D eigenvalue weighted by Gasteiger charge is 2.35. The highest BCUT2D eigenvalue weighted by molar-refractivity contribution is 6.32. The number of benzene rings is 1. The van der Waals surface area contributed by atoms with Crippen molar-refractivity contribution in [1.82, 2.24) is 5.32 Å². The molecular formula is C15H19ClFNO2. The Kier molecular flexibility index (Phi) is 4.95. The van der Waals surface area contributed by atoms with E-state index in [4.69, 9.17) is 11.6 Å². The summed E-state index contributed by atoms with van der Waals surface area (Å²) in [5, 5.41) is 12.8. The lowest BCUT2D eigenvalue weighted by Gasteiger charge is -2.37. The minimum absolute atomic E-state index is 0.158. The van der Waals surface area contributed by atoms with Crippen LogP contribution in [0.1, 0.15) is 33.3 Å². The molecule has 0 saturated carbocycles. The standard InChI is InChI=1S/C15H19ClFNO2/c1-14(2,15(3,4)20)18-13(19)9-8-10-11(16)6-5-7-12(10)17/h5-9,20H,1-4H3,(H,18,19)/b9-8+. The predicted molar refractivity (Wildman–Crippen MR) is 79.0 cm³/mol. The molecule has 1 amide bonds. The van der Waals surface area contributed by atoms with Crippen LogP contribution in [0.5, 0.6) is 0 Å². The van der Waals surface area contributed by atoms with Crippen molar-refractivity contribution in [3.63, 3.8) is 0 Å². The summed E-state index contributed by atoms with van der Waals surface area (Å²) in [4.78, 5) is 11.8. The average molecular weight is 300 g/mol. The molecule has 0 saturated heterocycles. The van der Waals surface area contributed by atoms with E-state index >= 15 is 0 Å². The van der Waals surface area contributed by atoms with E-state index < -0.39 is 22.9 Å². The van der Waals surface area contributed by atoms with Gasteiger partial charge in [-0.1, -0.05) is 17.7 Å². The number of hydrogen-bond acceptors (Lipinski definition) is 2. The van der Waals surface area contributed by atoms with Crippen molar-refractivity contribution < 1.29 is 14.3 Å². The summed E-state index contributed by atoms with van der Waals surface area (Å²) >= 11 is 5.86. The molecule has 2 N–H and O–H groups in total. The smallest absolute Gasteiger partial charge is 0.244 e. The first-order chi connectivity index (χ1) is 9.04. The molecule has 0 aliphatic heterocycles. The number of carbonyl (C=O) groups is 1. The van der Waals surface area contributed by atoms with Crippen molar-refractivity contribution in [3.8, 4) is 0 Å². The Labute approximate surface area is 123 Å². The SMILES string of the molecule is CC(C)(O)C(C)(C)NC(=O)/C=C/c1c(F)cccc1Cl. The van der Waals surface area contributed by atoms with Crippen molar-refractivity contribution in [2.24, 2.45) is 0 Å². The molecule has 0 atom stereocenters. The minimum atomic E-state index is -1.09. The van der Waals surface area contributed by atoms with Crippen molar-refractivity contribution in [1.29, 1.82) is 0 Å². The summed E-state index contributed by atoms with van der Waals surface area (Å²) in [6.07, 6.45) is 2.51. The van der Waals surface area contributed by atoms with Crippen LogP contribution < -0.4 is 5.32 Å². The van der Waals surface area contributed by atoms with Gasteiger partial charge in [-0.2, -0.15) is 0 Å². The molecule has 3 nitrogen and oxygen atoms in total. The molecule has 0 aromatic heterocycles. The summed E-state index contributed by atoms with van der Waals surface area (Å²) in [6, 6.07) is 4.31. The zero-order chi connectivity index (χ0) is 15.6. The number of rotatable bonds is 4. The van der Waals surface area contributed by atoms with Gasteiger partial charge in [0.1, 0.15) is 5.82 Å². The summed E-state index contributed by atoms with van der Waals surface area (Å²) in [6.45, 7) is 6.61. The molecule has 0 aliphatic rings. The second-order valence-electron chi connectivity index (χ2n) is 5.64. The first-order valence-corrected chi connectivity index (χ1v) is 6.59. The fourth-order valence-electron chi connectivity index (χ4n) is 1.33. The van der Waals surface area contributed by atoms with Crippen molar-refractivity contribution in [3.05, 3.63) is 40.7 Å². The molecule has 5 heteroatoms. The van der Waals surface area contributed by atoms with E-state index in [-0.39, 0.29) is 10.6 Å².